The van der Waals surface area contributed by atoms with E-state index in [0.29, 0.717) is 0 Å². The number of hydrogen-bond donors (Lipinski definition) is 1. The average Bonchev–Trinajstić information content (AvgIpc) is 3.14. The standard InChI is InChI=1S/C15H22N2/c1-12-3-2-4-13(9-12)11-17-8-7-16-10-15(17)14-5-6-14/h2-4,9,14-16H,5-8,10-11H2,1H3. The van der Waals surface area contributed by atoms with Crippen LogP contribution >= 0.6 is 0 Å². The van der Waals surface area contributed by atoms with Crippen LogP contribution in [0.5, 0.6) is 0 Å². The molecular formula is C15H22N2. The molecular weight excluding hydrogens is 208 g/mol. The average molecular weight is 230 g/mol. The predicted octanol–water partition coefficient (Wildman–Crippen LogP) is 2.18. The van der Waals surface area contributed by atoms with E-state index in [1.165, 1.54) is 37.1 Å². The first kappa shape index (κ1) is 11.2. The van der Waals surface area contributed by atoms with Gasteiger partial charge in [0.2, 0.25) is 0 Å². The number of aryl methyl sites for hydroxylation is 1. The van der Waals surface area contributed by atoms with Gasteiger partial charge in [0.1, 0.15) is 0 Å². The highest BCUT2D eigenvalue weighted by atomic mass is 15.2. The van der Waals surface area contributed by atoms with E-state index in [0.717, 1.165) is 25.0 Å². The van der Waals surface area contributed by atoms with Crippen molar-refractivity contribution in [2.24, 2.45) is 5.92 Å². The molecule has 2 aliphatic rings. The van der Waals surface area contributed by atoms with Gasteiger partial charge in [0.05, 0.1) is 0 Å². The Morgan fingerprint density at radius 3 is 3.00 bits per heavy atom. The third-order valence-electron chi connectivity index (χ3n) is 4.03. The van der Waals surface area contributed by atoms with E-state index in [2.05, 4.69) is 41.4 Å². The fraction of sp³-hybridized carbons (Fsp3) is 0.600. The second kappa shape index (κ2) is 4.79. The lowest BCUT2D eigenvalue weighted by Gasteiger charge is -2.36. The van der Waals surface area contributed by atoms with Crippen molar-refractivity contribution in [3.63, 3.8) is 0 Å². The molecule has 0 spiro atoms. The first-order chi connectivity index (χ1) is 8.33. The van der Waals surface area contributed by atoms with Crippen molar-refractivity contribution < 1.29 is 0 Å². The summed E-state index contributed by atoms with van der Waals surface area (Å²) in [6, 6.07) is 9.73. The molecule has 2 heteroatoms. The molecule has 1 saturated heterocycles. The van der Waals surface area contributed by atoms with Crippen LogP contribution in [0, 0.1) is 12.8 Å². The maximum Gasteiger partial charge on any atom is 0.0252 e. The first-order valence-electron chi connectivity index (χ1n) is 6.83. The number of nitrogens with one attached hydrogen (secondary N) is 1. The molecule has 1 atom stereocenters. The van der Waals surface area contributed by atoms with Gasteiger partial charge in [-0.05, 0) is 31.2 Å². The summed E-state index contributed by atoms with van der Waals surface area (Å²) >= 11 is 0. The maximum atomic E-state index is 3.54. The minimum absolute atomic E-state index is 0.782. The van der Waals surface area contributed by atoms with Crippen molar-refractivity contribution in [3.8, 4) is 0 Å². The van der Waals surface area contributed by atoms with Crippen LogP contribution in [-0.2, 0) is 6.54 Å². The van der Waals surface area contributed by atoms with Crippen LogP contribution in [0.3, 0.4) is 0 Å². The lowest BCUT2D eigenvalue weighted by molar-refractivity contribution is 0.135. The van der Waals surface area contributed by atoms with Gasteiger partial charge in [-0.1, -0.05) is 29.8 Å². The normalized spacial score (nSPS) is 26.1. The van der Waals surface area contributed by atoms with Crippen LogP contribution in [0.15, 0.2) is 24.3 Å². The number of piperazine rings is 1. The smallest absolute Gasteiger partial charge is 0.0252 e. The van der Waals surface area contributed by atoms with Crippen molar-refractivity contribution in [1.82, 2.24) is 10.2 Å². The summed E-state index contributed by atoms with van der Waals surface area (Å²) in [7, 11) is 0. The lowest BCUT2D eigenvalue weighted by atomic mass is 10.1. The molecule has 0 aromatic heterocycles. The van der Waals surface area contributed by atoms with Gasteiger partial charge in [-0.2, -0.15) is 0 Å². The third-order valence-corrected chi connectivity index (χ3v) is 4.03. The molecule has 0 bridgehead atoms. The van der Waals surface area contributed by atoms with Crippen LogP contribution in [0.25, 0.3) is 0 Å². The summed E-state index contributed by atoms with van der Waals surface area (Å²) in [5, 5.41) is 3.54. The minimum atomic E-state index is 0.782. The predicted molar refractivity (Wildman–Crippen MR) is 71.0 cm³/mol. The molecule has 3 rings (SSSR count). The second-order valence-electron chi connectivity index (χ2n) is 5.57. The Hall–Kier alpha value is -0.860. The Balaban J connectivity index is 1.69. The maximum absolute atomic E-state index is 3.54. The Labute approximate surface area is 104 Å². The zero-order chi connectivity index (χ0) is 11.7. The summed E-state index contributed by atoms with van der Waals surface area (Å²) in [6.45, 7) is 6.85. The molecule has 2 nitrogen and oxygen atoms in total. The van der Waals surface area contributed by atoms with Crippen molar-refractivity contribution in [2.75, 3.05) is 19.6 Å². The lowest BCUT2D eigenvalue weighted by Crippen LogP contribution is -2.51. The van der Waals surface area contributed by atoms with E-state index in [1.54, 1.807) is 0 Å². The van der Waals surface area contributed by atoms with Crippen molar-refractivity contribution in [1.29, 1.82) is 0 Å². The van der Waals surface area contributed by atoms with Crippen molar-refractivity contribution in [3.05, 3.63) is 35.4 Å². The summed E-state index contributed by atoms with van der Waals surface area (Å²) < 4.78 is 0. The topological polar surface area (TPSA) is 15.3 Å². The molecule has 1 aromatic carbocycles. The van der Waals surface area contributed by atoms with E-state index < -0.39 is 0 Å². The monoisotopic (exact) mass is 230 g/mol. The number of rotatable bonds is 3. The fourth-order valence-electron chi connectivity index (χ4n) is 2.95. The SMILES string of the molecule is Cc1cccc(CN2CCNCC2C2CC2)c1. The van der Waals surface area contributed by atoms with Gasteiger partial charge in [0.15, 0.2) is 0 Å². The molecule has 2 fully saturated rings. The van der Waals surface area contributed by atoms with E-state index in [4.69, 9.17) is 0 Å². The highest BCUT2D eigenvalue weighted by Gasteiger charge is 2.36. The Kier molecular flexibility index (Phi) is 3.17. The van der Waals surface area contributed by atoms with E-state index >= 15 is 0 Å². The van der Waals surface area contributed by atoms with Gasteiger partial charge in [0, 0.05) is 32.2 Å². The van der Waals surface area contributed by atoms with Gasteiger partial charge in [-0.3, -0.25) is 4.90 Å². The number of benzene rings is 1. The fourth-order valence-corrected chi connectivity index (χ4v) is 2.95. The van der Waals surface area contributed by atoms with Gasteiger partial charge in [-0.15, -0.1) is 0 Å². The molecule has 0 radical (unpaired) electrons. The van der Waals surface area contributed by atoms with E-state index in [1.807, 2.05) is 0 Å². The zero-order valence-corrected chi connectivity index (χ0v) is 10.7. The minimum Gasteiger partial charge on any atom is -0.314 e. The molecule has 1 unspecified atom stereocenters. The van der Waals surface area contributed by atoms with Crippen molar-refractivity contribution in [2.45, 2.75) is 32.4 Å². The Morgan fingerprint density at radius 2 is 2.24 bits per heavy atom. The molecule has 1 aromatic rings. The molecule has 0 amide bonds. The summed E-state index contributed by atoms with van der Waals surface area (Å²) in [5.74, 6) is 0.965. The summed E-state index contributed by atoms with van der Waals surface area (Å²) in [6.07, 6.45) is 2.88. The first-order valence-corrected chi connectivity index (χ1v) is 6.83. The van der Waals surface area contributed by atoms with Crippen LogP contribution in [-0.4, -0.2) is 30.6 Å². The molecule has 1 N–H and O–H groups in total. The highest BCUT2D eigenvalue weighted by molar-refractivity contribution is 5.22. The van der Waals surface area contributed by atoms with Crippen LogP contribution in [0.1, 0.15) is 24.0 Å². The van der Waals surface area contributed by atoms with Gasteiger partial charge < -0.3 is 5.32 Å². The van der Waals surface area contributed by atoms with Gasteiger partial charge in [-0.25, -0.2) is 0 Å². The molecule has 92 valence electrons. The molecule has 1 aliphatic carbocycles. The molecule has 1 aliphatic heterocycles. The molecule has 17 heavy (non-hydrogen) atoms. The van der Waals surface area contributed by atoms with Crippen molar-refractivity contribution >= 4 is 0 Å². The molecule has 1 heterocycles. The van der Waals surface area contributed by atoms with Gasteiger partial charge in [0.25, 0.3) is 0 Å². The summed E-state index contributed by atoms with van der Waals surface area (Å²) in [4.78, 5) is 2.68. The van der Waals surface area contributed by atoms with Crippen LogP contribution in [0.2, 0.25) is 0 Å². The largest absolute Gasteiger partial charge is 0.314 e. The Bertz CT molecular complexity index is 384. The molecule has 1 saturated carbocycles. The quantitative estimate of drug-likeness (QED) is 0.856. The second-order valence-corrected chi connectivity index (χ2v) is 5.57. The highest BCUT2D eigenvalue weighted by Crippen LogP contribution is 2.36. The third kappa shape index (κ3) is 2.70. The number of hydrogen-bond acceptors (Lipinski definition) is 2. The zero-order valence-electron chi connectivity index (χ0n) is 10.7. The number of nitrogens with zero attached hydrogens (tertiary/aromatic N) is 1. The van der Waals surface area contributed by atoms with Crippen LogP contribution in [0.4, 0.5) is 0 Å². The Morgan fingerprint density at radius 1 is 1.35 bits per heavy atom. The van der Waals surface area contributed by atoms with Crippen LogP contribution < -0.4 is 5.32 Å². The summed E-state index contributed by atoms with van der Waals surface area (Å²) in [5.41, 5.74) is 2.85. The van der Waals surface area contributed by atoms with E-state index in [-0.39, 0.29) is 0 Å². The van der Waals surface area contributed by atoms with E-state index in [9.17, 15) is 0 Å². The van der Waals surface area contributed by atoms with Gasteiger partial charge >= 0.3 is 0 Å².